The minimum Gasteiger partial charge on any atom is -0.325 e. The average Bonchev–Trinajstić information content (AvgIpc) is 2.40. The van der Waals surface area contributed by atoms with Crippen molar-refractivity contribution in [3.05, 3.63) is 64.4 Å². The summed E-state index contributed by atoms with van der Waals surface area (Å²) >= 11 is 6.05. The molecule has 2 aromatic carbocycles. The lowest BCUT2D eigenvalue weighted by Gasteiger charge is -2.08. The molecule has 0 aliphatic heterocycles. The van der Waals surface area contributed by atoms with Crippen molar-refractivity contribution in [2.45, 2.75) is 19.8 Å². The van der Waals surface area contributed by atoms with E-state index in [1.54, 1.807) is 24.3 Å². The molecule has 0 unspecified atom stereocenters. The third-order valence-electron chi connectivity index (χ3n) is 2.93. The van der Waals surface area contributed by atoms with Gasteiger partial charge in [0, 0.05) is 6.42 Å². The number of hydrogen-bond donors (Lipinski definition) is 1. The molecule has 2 nitrogen and oxygen atoms in total. The molecule has 0 aromatic heterocycles. The summed E-state index contributed by atoms with van der Waals surface area (Å²) in [4.78, 5) is 11.8. The molecule has 0 saturated carbocycles. The Morgan fingerprint density at radius 2 is 2.05 bits per heavy atom. The van der Waals surface area contributed by atoms with Gasteiger partial charge in [0.2, 0.25) is 5.91 Å². The summed E-state index contributed by atoms with van der Waals surface area (Å²) in [5.74, 6) is -0.426. The van der Waals surface area contributed by atoms with E-state index in [1.807, 2.05) is 13.0 Å². The lowest BCUT2D eigenvalue weighted by Crippen LogP contribution is -2.12. The predicted octanol–water partition coefficient (Wildman–Crippen LogP) is 4.36. The van der Waals surface area contributed by atoms with Crippen LogP contribution in [0.25, 0.3) is 0 Å². The molecule has 1 amide bonds. The molecule has 0 fully saturated rings. The molecule has 0 bridgehead atoms. The summed E-state index contributed by atoms with van der Waals surface area (Å²) in [7, 11) is 0. The van der Waals surface area contributed by atoms with E-state index < -0.39 is 0 Å². The number of carbonyl (C=O) groups is 1. The number of benzene rings is 2. The number of nitrogens with one attached hydrogen (secondary N) is 1. The van der Waals surface area contributed by atoms with Crippen molar-refractivity contribution in [1.82, 2.24) is 0 Å². The van der Waals surface area contributed by atoms with Crippen molar-refractivity contribution in [2.24, 2.45) is 0 Å². The zero-order valence-electron chi connectivity index (χ0n) is 11.1. The second kappa shape index (κ2) is 6.53. The zero-order chi connectivity index (χ0) is 14.5. The molecule has 1 N–H and O–H groups in total. The highest BCUT2D eigenvalue weighted by molar-refractivity contribution is 6.33. The van der Waals surface area contributed by atoms with E-state index in [0.717, 1.165) is 11.1 Å². The Morgan fingerprint density at radius 3 is 2.75 bits per heavy atom. The standard InChI is InChI=1S/C16H15ClFNO/c1-11-5-7-15(14(17)9-11)19-16(20)8-6-12-3-2-4-13(18)10-12/h2-5,7,9-10H,6,8H2,1H3,(H,19,20). The van der Waals surface area contributed by atoms with Gasteiger partial charge in [-0.1, -0.05) is 29.8 Å². The highest BCUT2D eigenvalue weighted by atomic mass is 35.5. The lowest BCUT2D eigenvalue weighted by atomic mass is 10.1. The number of rotatable bonds is 4. The summed E-state index contributed by atoms with van der Waals surface area (Å²) in [6.07, 6.45) is 0.779. The molecule has 0 aliphatic carbocycles. The van der Waals surface area contributed by atoms with Crippen molar-refractivity contribution in [1.29, 1.82) is 0 Å². The Balaban J connectivity index is 1.92. The first-order valence-electron chi connectivity index (χ1n) is 6.35. The molecule has 2 rings (SSSR count). The molecule has 0 radical (unpaired) electrons. The second-order valence-electron chi connectivity index (χ2n) is 4.66. The molecule has 104 valence electrons. The van der Waals surface area contributed by atoms with E-state index in [1.165, 1.54) is 12.1 Å². The average molecular weight is 292 g/mol. The molecule has 4 heteroatoms. The van der Waals surface area contributed by atoms with Gasteiger partial charge in [-0.25, -0.2) is 4.39 Å². The van der Waals surface area contributed by atoms with Crippen LogP contribution in [0.15, 0.2) is 42.5 Å². The van der Waals surface area contributed by atoms with Crippen molar-refractivity contribution < 1.29 is 9.18 Å². The van der Waals surface area contributed by atoms with E-state index in [-0.39, 0.29) is 18.1 Å². The Kier molecular flexibility index (Phi) is 4.74. The van der Waals surface area contributed by atoms with Gasteiger partial charge in [0.15, 0.2) is 0 Å². The van der Waals surface area contributed by atoms with Crippen molar-refractivity contribution in [3.63, 3.8) is 0 Å². The monoisotopic (exact) mass is 291 g/mol. The van der Waals surface area contributed by atoms with Crippen molar-refractivity contribution in [2.75, 3.05) is 5.32 Å². The van der Waals surface area contributed by atoms with Crippen LogP contribution in [-0.2, 0) is 11.2 Å². The minimum absolute atomic E-state index is 0.139. The number of hydrogen-bond acceptors (Lipinski definition) is 1. The molecular formula is C16H15ClFNO. The van der Waals surface area contributed by atoms with Gasteiger partial charge in [0.25, 0.3) is 0 Å². The maximum atomic E-state index is 13.0. The molecule has 0 heterocycles. The summed E-state index contributed by atoms with van der Waals surface area (Å²) in [6, 6.07) is 11.7. The Hall–Kier alpha value is -1.87. The van der Waals surface area contributed by atoms with E-state index in [9.17, 15) is 9.18 Å². The summed E-state index contributed by atoms with van der Waals surface area (Å²) in [5, 5.41) is 3.28. The van der Waals surface area contributed by atoms with E-state index >= 15 is 0 Å². The maximum Gasteiger partial charge on any atom is 0.224 e. The largest absolute Gasteiger partial charge is 0.325 e. The molecule has 0 spiro atoms. The van der Waals surface area contributed by atoms with Crippen LogP contribution >= 0.6 is 11.6 Å². The van der Waals surface area contributed by atoms with E-state index in [4.69, 9.17) is 11.6 Å². The van der Waals surface area contributed by atoms with Crippen LogP contribution in [0, 0.1) is 12.7 Å². The maximum absolute atomic E-state index is 13.0. The normalized spacial score (nSPS) is 10.3. The molecule has 0 atom stereocenters. The Labute approximate surface area is 122 Å². The zero-order valence-corrected chi connectivity index (χ0v) is 11.9. The number of aryl methyl sites for hydroxylation is 2. The van der Waals surface area contributed by atoms with Crippen LogP contribution in [-0.4, -0.2) is 5.91 Å². The van der Waals surface area contributed by atoms with Crippen molar-refractivity contribution >= 4 is 23.2 Å². The molecule has 20 heavy (non-hydrogen) atoms. The first-order chi connectivity index (χ1) is 9.54. The first-order valence-corrected chi connectivity index (χ1v) is 6.73. The Bertz CT molecular complexity index is 628. The van der Waals surface area contributed by atoms with E-state index in [2.05, 4.69) is 5.32 Å². The Morgan fingerprint density at radius 1 is 1.25 bits per heavy atom. The van der Waals surface area contributed by atoms with Gasteiger partial charge in [-0.3, -0.25) is 4.79 Å². The van der Waals surface area contributed by atoms with E-state index in [0.29, 0.717) is 17.1 Å². The highest BCUT2D eigenvalue weighted by Crippen LogP contribution is 2.22. The second-order valence-corrected chi connectivity index (χ2v) is 5.07. The third kappa shape index (κ3) is 4.07. The molecule has 2 aromatic rings. The van der Waals surface area contributed by atoms with Crippen LogP contribution in [0.5, 0.6) is 0 Å². The number of anilines is 1. The SMILES string of the molecule is Cc1ccc(NC(=O)CCc2cccc(F)c2)c(Cl)c1. The fourth-order valence-corrected chi connectivity index (χ4v) is 2.17. The highest BCUT2D eigenvalue weighted by Gasteiger charge is 2.06. The van der Waals surface area contributed by atoms with Gasteiger partial charge in [0.1, 0.15) is 5.82 Å². The smallest absolute Gasteiger partial charge is 0.224 e. The number of carbonyl (C=O) groups excluding carboxylic acids is 1. The predicted molar refractivity (Wildman–Crippen MR) is 79.5 cm³/mol. The van der Waals surface area contributed by atoms with Crippen LogP contribution in [0.4, 0.5) is 10.1 Å². The summed E-state index contributed by atoms with van der Waals surface area (Å²) < 4.78 is 13.0. The van der Waals surface area contributed by atoms with Gasteiger partial charge >= 0.3 is 0 Å². The van der Waals surface area contributed by atoms with Gasteiger partial charge in [0.05, 0.1) is 10.7 Å². The van der Waals surface area contributed by atoms with Gasteiger partial charge in [-0.2, -0.15) is 0 Å². The number of amides is 1. The van der Waals surface area contributed by atoms with Crippen LogP contribution in [0.1, 0.15) is 17.5 Å². The topological polar surface area (TPSA) is 29.1 Å². The minimum atomic E-state index is -0.288. The van der Waals surface area contributed by atoms with Crippen molar-refractivity contribution in [3.8, 4) is 0 Å². The summed E-state index contributed by atoms with van der Waals surface area (Å²) in [5.41, 5.74) is 2.43. The molecule has 0 saturated heterocycles. The first kappa shape index (κ1) is 14.5. The molecule has 0 aliphatic rings. The fourth-order valence-electron chi connectivity index (χ4n) is 1.88. The van der Waals surface area contributed by atoms with Gasteiger partial charge in [-0.15, -0.1) is 0 Å². The van der Waals surface area contributed by atoms with Crippen LogP contribution < -0.4 is 5.32 Å². The lowest BCUT2D eigenvalue weighted by molar-refractivity contribution is -0.116. The fraction of sp³-hybridized carbons (Fsp3) is 0.188. The number of halogens is 2. The third-order valence-corrected chi connectivity index (χ3v) is 3.24. The van der Waals surface area contributed by atoms with Crippen LogP contribution in [0.3, 0.4) is 0 Å². The van der Waals surface area contributed by atoms with Crippen LogP contribution in [0.2, 0.25) is 5.02 Å². The van der Waals surface area contributed by atoms with Gasteiger partial charge < -0.3 is 5.32 Å². The quantitative estimate of drug-likeness (QED) is 0.891. The molecular weight excluding hydrogens is 277 g/mol. The van der Waals surface area contributed by atoms with Gasteiger partial charge in [-0.05, 0) is 48.7 Å². The summed E-state index contributed by atoms with van der Waals surface area (Å²) in [6.45, 7) is 1.93.